The Balaban J connectivity index is 1.63. The summed E-state index contributed by atoms with van der Waals surface area (Å²) in [4.78, 5) is 12.8. The Kier molecular flexibility index (Phi) is 6.34. The molecule has 0 unspecified atom stereocenters. The van der Waals surface area contributed by atoms with E-state index in [1.165, 1.54) is 10.4 Å². The number of nitrogens with one attached hydrogen (secondary N) is 1. The summed E-state index contributed by atoms with van der Waals surface area (Å²) in [7, 11) is -3.60. The third kappa shape index (κ3) is 4.90. The number of amides is 1. The van der Waals surface area contributed by atoms with Crippen molar-refractivity contribution < 1.29 is 17.6 Å². The molecule has 0 spiro atoms. The summed E-state index contributed by atoms with van der Waals surface area (Å²) < 4.78 is 41.3. The molecule has 0 aromatic heterocycles. The van der Waals surface area contributed by atoms with E-state index in [4.69, 9.17) is 0 Å². The van der Waals surface area contributed by atoms with Crippen LogP contribution in [0.4, 0.5) is 10.1 Å². The van der Waals surface area contributed by atoms with Crippen LogP contribution in [-0.2, 0) is 20.2 Å². The molecule has 0 bridgehead atoms. The van der Waals surface area contributed by atoms with Crippen LogP contribution in [-0.4, -0.2) is 31.7 Å². The molecular weight excluding hydrogens is 403 g/mol. The van der Waals surface area contributed by atoms with Gasteiger partial charge in [-0.25, -0.2) is 12.8 Å². The second-order valence-corrected chi connectivity index (χ2v) is 10.9. The molecule has 7 heteroatoms. The quantitative estimate of drug-likeness (QED) is 0.775. The lowest BCUT2D eigenvalue weighted by atomic mass is 9.87. The van der Waals surface area contributed by atoms with Gasteiger partial charge in [0, 0.05) is 19.0 Å². The van der Waals surface area contributed by atoms with Gasteiger partial charge in [-0.15, -0.1) is 0 Å². The van der Waals surface area contributed by atoms with Gasteiger partial charge in [-0.3, -0.25) is 4.79 Å². The third-order valence-electron chi connectivity index (χ3n) is 5.57. The highest BCUT2D eigenvalue weighted by molar-refractivity contribution is 7.89. The van der Waals surface area contributed by atoms with E-state index >= 15 is 0 Å². The van der Waals surface area contributed by atoms with E-state index in [0.29, 0.717) is 12.8 Å². The Morgan fingerprint density at radius 1 is 1.07 bits per heavy atom. The number of carbonyl (C=O) groups excluding carboxylic acids is 1. The summed E-state index contributed by atoms with van der Waals surface area (Å²) in [6.45, 7) is 8.54. The van der Waals surface area contributed by atoms with Gasteiger partial charge >= 0.3 is 0 Å². The zero-order chi connectivity index (χ0) is 22.1. The topological polar surface area (TPSA) is 66.5 Å². The predicted octanol–water partition coefficient (Wildman–Crippen LogP) is 4.47. The van der Waals surface area contributed by atoms with Crippen LogP contribution in [0.5, 0.6) is 0 Å². The summed E-state index contributed by atoms with van der Waals surface area (Å²) in [5, 5.41) is 2.63. The first-order chi connectivity index (χ1) is 14.0. The van der Waals surface area contributed by atoms with Gasteiger partial charge in [0.2, 0.25) is 15.9 Å². The van der Waals surface area contributed by atoms with Crippen molar-refractivity contribution in [2.75, 3.05) is 18.4 Å². The number of carbonyl (C=O) groups is 1. The van der Waals surface area contributed by atoms with E-state index in [9.17, 15) is 17.6 Å². The Bertz CT molecular complexity index is 1020. The van der Waals surface area contributed by atoms with E-state index in [1.54, 1.807) is 31.2 Å². The molecule has 1 aliphatic heterocycles. The minimum Gasteiger partial charge on any atom is -0.323 e. The van der Waals surface area contributed by atoms with Crippen LogP contribution in [0.3, 0.4) is 0 Å². The van der Waals surface area contributed by atoms with Gasteiger partial charge in [0.1, 0.15) is 5.82 Å². The molecule has 3 rings (SSSR count). The molecule has 1 N–H and O–H groups in total. The Morgan fingerprint density at radius 3 is 2.20 bits per heavy atom. The molecule has 30 heavy (non-hydrogen) atoms. The smallest absolute Gasteiger partial charge is 0.243 e. The van der Waals surface area contributed by atoms with E-state index in [0.717, 1.165) is 11.1 Å². The molecular formula is C23H29FN2O3S. The molecule has 1 aliphatic rings. The highest BCUT2D eigenvalue weighted by Gasteiger charge is 2.32. The van der Waals surface area contributed by atoms with Gasteiger partial charge in [-0.1, -0.05) is 39.0 Å². The van der Waals surface area contributed by atoms with Gasteiger partial charge in [0.15, 0.2) is 0 Å². The Morgan fingerprint density at radius 2 is 1.67 bits per heavy atom. The SMILES string of the molecule is Cc1ccc(NC(=O)C2CCN(S(=O)(=O)c3ccc(C(C)(C)C)cc3)CC2)c(F)c1. The molecule has 1 fully saturated rings. The molecule has 2 aromatic carbocycles. The average Bonchev–Trinajstić information content (AvgIpc) is 2.69. The molecule has 0 saturated carbocycles. The number of sulfonamides is 1. The van der Waals surface area contributed by atoms with Gasteiger partial charge in [-0.05, 0) is 60.6 Å². The molecule has 0 radical (unpaired) electrons. The molecule has 2 aromatic rings. The third-order valence-corrected chi connectivity index (χ3v) is 7.48. The number of nitrogens with zero attached hydrogens (tertiary/aromatic N) is 1. The van der Waals surface area contributed by atoms with Crippen LogP contribution in [0.2, 0.25) is 0 Å². The molecule has 0 atom stereocenters. The minimum atomic E-state index is -3.60. The van der Waals surface area contributed by atoms with Crippen molar-refractivity contribution in [3.63, 3.8) is 0 Å². The zero-order valence-corrected chi connectivity index (χ0v) is 18.7. The monoisotopic (exact) mass is 432 g/mol. The highest BCUT2D eigenvalue weighted by Crippen LogP contribution is 2.28. The van der Waals surface area contributed by atoms with Gasteiger partial charge in [0.25, 0.3) is 0 Å². The fourth-order valence-electron chi connectivity index (χ4n) is 3.59. The second kappa shape index (κ2) is 8.47. The van der Waals surface area contributed by atoms with Crippen molar-refractivity contribution in [3.05, 3.63) is 59.4 Å². The summed E-state index contributed by atoms with van der Waals surface area (Å²) >= 11 is 0. The fraction of sp³-hybridized carbons (Fsp3) is 0.435. The largest absolute Gasteiger partial charge is 0.323 e. The standard InChI is InChI=1S/C23H29FN2O3S/c1-16-5-10-21(20(24)15-16)25-22(27)17-11-13-26(14-12-17)30(28,29)19-8-6-18(7-9-19)23(2,3)4/h5-10,15,17H,11-14H2,1-4H3,(H,25,27). The van der Waals surface area contributed by atoms with Crippen molar-refractivity contribution in [1.29, 1.82) is 0 Å². The number of halogens is 1. The Labute approximate surface area is 178 Å². The maximum Gasteiger partial charge on any atom is 0.243 e. The van der Waals surface area contributed by atoms with Gasteiger partial charge in [0.05, 0.1) is 10.6 Å². The molecule has 1 amide bonds. The number of rotatable bonds is 4. The fourth-order valence-corrected chi connectivity index (χ4v) is 5.06. The second-order valence-electron chi connectivity index (χ2n) is 8.93. The summed E-state index contributed by atoms with van der Waals surface area (Å²) in [5.41, 5.74) is 1.95. The van der Waals surface area contributed by atoms with Crippen LogP contribution in [0.15, 0.2) is 47.4 Å². The van der Waals surface area contributed by atoms with Crippen LogP contribution in [0.1, 0.15) is 44.7 Å². The zero-order valence-electron chi connectivity index (χ0n) is 17.9. The molecule has 1 heterocycles. The predicted molar refractivity (Wildman–Crippen MR) is 116 cm³/mol. The summed E-state index contributed by atoms with van der Waals surface area (Å²) in [5.74, 6) is -1.09. The van der Waals surface area contributed by atoms with Gasteiger partial charge in [-0.2, -0.15) is 4.31 Å². The van der Waals surface area contributed by atoms with E-state index < -0.39 is 15.8 Å². The van der Waals surface area contributed by atoms with E-state index in [1.807, 2.05) is 12.1 Å². The van der Waals surface area contributed by atoms with Crippen molar-refractivity contribution in [2.45, 2.75) is 50.8 Å². The van der Waals surface area contributed by atoms with E-state index in [2.05, 4.69) is 26.1 Å². The number of benzene rings is 2. The number of piperidine rings is 1. The Hall–Kier alpha value is -2.25. The number of aryl methyl sites for hydroxylation is 1. The van der Waals surface area contributed by atoms with Crippen molar-refractivity contribution in [3.8, 4) is 0 Å². The van der Waals surface area contributed by atoms with E-state index in [-0.39, 0.29) is 40.9 Å². The number of anilines is 1. The van der Waals surface area contributed by atoms with Crippen LogP contribution >= 0.6 is 0 Å². The molecule has 5 nitrogen and oxygen atoms in total. The lowest BCUT2D eigenvalue weighted by Crippen LogP contribution is -2.41. The van der Waals surface area contributed by atoms with Crippen LogP contribution in [0, 0.1) is 18.7 Å². The minimum absolute atomic E-state index is 0.0507. The van der Waals surface area contributed by atoms with Crippen molar-refractivity contribution in [2.24, 2.45) is 5.92 Å². The summed E-state index contributed by atoms with van der Waals surface area (Å²) in [6, 6.07) is 11.6. The lowest BCUT2D eigenvalue weighted by Gasteiger charge is -2.30. The first-order valence-electron chi connectivity index (χ1n) is 10.2. The van der Waals surface area contributed by atoms with Crippen LogP contribution in [0.25, 0.3) is 0 Å². The summed E-state index contributed by atoms with van der Waals surface area (Å²) in [6.07, 6.45) is 0.803. The molecule has 162 valence electrons. The first-order valence-corrected chi connectivity index (χ1v) is 11.6. The first kappa shape index (κ1) is 22.4. The molecule has 0 aliphatic carbocycles. The average molecular weight is 433 g/mol. The van der Waals surface area contributed by atoms with Gasteiger partial charge < -0.3 is 5.32 Å². The highest BCUT2D eigenvalue weighted by atomic mass is 32.2. The maximum absolute atomic E-state index is 14.0. The number of hydrogen-bond donors (Lipinski definition) is 1. The normalized spacial score (nSPS) is 16.4. The van der Waals surface area contributed by atoms with Crippen molar-refractivity contribution in [1.82, 2.24) is 4.31 Å². The maximum atomic E-state index is 14.0. The van der Waals surface area contributed by atoms with Crippen molar-refractivity contribution >= 4 is 21.6 Å². The number of hydrogen-bond acceptors (Lipinski definition) is 3. The van der Waals surface area contributed by atoms with Crippen LogP contribution < -0.4 is 5.32 Å². The molecule has 1 saturated heterocycles. The lowest BCUT2D eigenvalue weighted by molar-refractivity contribution is -0.120.